The van der Waals surface area contributed by atoms with Gasteiger partial charge in [-0.25, -0.2) is 0 Å². The lowest BCUT2D eigenvalue weighted by Crippen LogP contribution is -2.30. The number of carbonyl (C=O) groups excluding carboxylic acids is 1. The van der Waals surface area contributed by atoms with Crippen molar-refractivity contribution in [2.45, 2.75) is 20.8 Å². The number of rotatable bonds is 6. The molecule has 0 unspecified atom stereocenters. The van der Waals surface area contributed by atoms with Gasteiger partial charge in [0.1, 0.15) is 0 Å². The Morgan fingerprint density at radius 3 is 2.53 bits per heavy atom. The van der Waals surface area contributed by atoms with Crippen LogP contribution in [0.25, 0.3) is 0 Å². The molecule has 0 saturated heterocycles. The van der Waals surface area contributed by atoms with E-state index < -0.39 is 0 Å². The van der Waals surface area contributed by atoms with E-state index in [0.29, 0.717) is 29.6 Å². The molecule has 0 aliphatic heterocycles. The van der Waals surface area contributed by atoms with Crippen LogP contribution in [0, 0.1) is 5.92 Å². The van der Waals surface area contributed by atoms with Crippen molar-refractivity contribution in [3.8, 4) is 11.5 Å². The van der Waals surface area contributed by atoms with E-state index in [0.717, 1.165) is 6.54 Å². The summed E-state index contributed by atoms with van der Waals surface area (Å²) in [4.78, 5) is 14.0. The summed E-state index contributed by atoms with van der Waals surface area (Å²) in [5.74, 6) is 1.69. The minimum Gasteiger partial charge on any atom is -0.493 e. The number of nitrogens with zero attached hydrogens (tertiary/aromatic N) is 1. The van der Waals surface area contributed by atoms with Gasteiger partial charge >= 0.3 is 0 Å². The molecular formula is C15H23NO3. The van der Waals surface area contributed by atoms with Crippen LogP contribution in [-0.4, -0.2) is 38.1 Å². The SMILES string of the molecule is CCOc1cc(C(=O)N(C)CC(C)C)ccc1OC. The molecule has 1 aromatic rings. The van der Waals surface area contributed by atoms with Crippen LogP contribution in [0.3, 0.4) is 0 Å². The Balaban J connectivity index is 2.94. The van der Waals surface area contributed by atoms with Gasteiger partial charge in [-0.1, -0.05) is 13.8 Å². The highest BCUT2D eigenvalue weighted by atomic mass is 16.5. The largest absolute Gasteiger partial charge is 0.493 e. The maximum absolute atomic E-state index is 12.3. The normalized spacial score (nSPS) is 10.4. The lowest BCUT2D eigenvalue weighted by molar-refractivity contribution is 0.0778. The van der Waals surface area contributed by atoms with E-state index in [-0.39, 0.29) is 5.91 Å². The number of methoxy groups -OCH3 is 1. The standard InChI is InChI=1S/C15H23NO3/c1-6-19-14-9-12(7-8-13(14)18-5)15(17)16(4)10-11(2)3/h7-9,11H,6,10H2,1-5H3. The summed E-state index contributed by atoms with van der Waals surface area (Å²) < 4.78 is 10.7. The molecular weight excluding hydrogens is 242 g/mol. The first-order valence-corrected chi connectivity index (χ1v) is 6.55. The van der Waals surface area contributed by atoms with E-state index in [1.165, 1.54) is 0 Å². The van der Waals surface area contributed by atoms with Crippen molar-refractivity contribution in [2.24, 2.45) is 5.92 Å². The molecule has 0 spiro atoms. The molecule has 0 aromatic heterocycles. The van der Waals surface area contributed by atoms with Crippen LogP contribution in [-0.2, 0) is 0 Å². The molecule has 0 bridgehead atoms. The van der Waals surface area contributed by atoms with Gasteiger partial charge < -0.3 is 14.4 Å². The van der Waals surface area contributed by atoms with Gasteiger partial charge in [0.05, 0.1) is 13.7 Å². The minimum absolute atomic E-state index is 0.00249. The molecule has 1 aromatic carbocycles. The third kappa shape index (κ3) is 4.16. The zero-order valence-corrected chi connectivity index (χ0v) is 12.4. The van der Waals surface area contributed by atoms with Gasteiger partial charge in [0.25, 0.3) is 5.91 Å². The molecule has 4 nitrogen and oxygen atoms in total. The number of hydrogen-bond acceptors (Lipinski definition) is 3. The first-order valence-electron chi connectivity index (χ1n) is 6.55. The van der Waals surface area contributed by atoms with E-state index in [1.54, 1.807) is 30.2 Å². The predicted octanol–water partition coefficient (Wildman–Crippen LogP) is 2.82. The maximum atomic E-state index is 12.3. The van der Waals surface area contributed by atoms with Gasteiger partial charge in [0, 0.05) is 19.2 Å². The lowest BCUT2D eigenvalue weighted by atomic mass is 10.1. The summed E-state index contributed by atoms with van der Waals surface area (Å²) in [7, 11) is 3.40. The fourth-order valence-corrected chi connectivity index (χ4v) is 1.93. The summed E-state index contributed by atoms with van der Waals surface area (Å²) in [5, 5.41) is 0. The maximum Gasteiger partial charge on any atom is 0.253 e. The quantitative estimate of drug-likeness (QED) is 0.794. The Morgan fingerprint density at radius 1 is 1.32 bits per heavy atom. The topological polar surface area (TPSA) is 38.8 Å². The smallest absolute Gasteiger partial charge is 0.253 e. The minimum atomic E-state index is -0.00249. The van der Waals surface area contributed by atoms with E-state index in [9.17, 15) is 4.79 Å². The molecule has 0 saturated carbocycles. The van der Waals surface area contributed by atoms with Gasteiger partial charge in [-0.2, -0.15) is 0 Å². The van der Waals surface area contributed by atoms with Crippen molar-refractivity contribution in [1.29, 1.82) is 0 Å². The van der Waals surface area contributed by atoms with Crippen LogP contribution in [0.4, 0.5) is 0 Å². The average Bonchev–Trinajstić information content (AvgIpc) is 2.37. The van der Waals surface area contributed by atoms with E-state index in [2.05, 4.69) is 13.8 Å². The Kier molecular flexibility index (Phi) is 5.67. The lowest BCUT2D eigenvalue weighted by Gasteiger charge is -2.20. The van der Waals surface area contributed by atoms with Crippen LogP contribution in [0.15, 0.2) is 18.2 Å². The summed E-state index contributed by atoms with van der Waals surface area (Å²) >= 11 is 0. The molecule has 1 amide bonds. The molecule has 0 radical (unpaired) electrons. The molecule has 1 rings (SSSR count). The van der Waals surface area contributed by atoms with Crippen LogP contribution in [0.2, 0.25) is 0 Å². The van der Waals surface area contributed by atoms with Gasteiger partial charge in [-0.3, -0.25) is 4.79 Å². The zero-order valence-electron chi connectivity index (χ0n) is 12.4. The van der Waals surface area contributed by atoms with E-state index in [1.807, 2.05) is 14.0 Å². The van der Waals surface area contributed by atoms with Crippen LogP contribution in [0.5, 0.6) is 11.5 Å². The van der Waals surface area contributed by atoms with Crippen LogP contribution < -0.4 is 9.47 Å². The number of benzene rings is 1. The summed E-state index contributed by atoms with van der Waals surface area (Å²) in [6.45, 7) is 7.34. The molecule has 0 heterocycles. The molecule has 106 valence electrons. The molecule has 4 heteroatoms. The van der Waals surface area contributed by atoms with Crippen molar-refractivity contribution >= 4 is 5.91 Å². The van der Waals surface area contributed by atoms with Crippen molar-refractivity contribution in [2.75, 3.05) is 27.3 Å². The summed E-state index contributed by atoms with van der Waals surface area (Å²) in [6.07, 6.45) is 0. The zero-order chi connectivity index (χ0) is 14.4. The molecule has 0 aliphatic carbocycles. The third-order valence-electron chi connectivity index (χ3n) is 2.70. The molecule has 0 aliphatic rings. The van der Waals surface area contributed by atoms with Gasteiger partial charge in [0.15, 0.2) is 11.5 Å². The second-order valence-corrected chi connectivity index (χ2v) is 4.88. The fraction of sp³-hybridized carbons (Fsp3) is 0.533. The Morgan fingerprint density at radius 2 is 2.00 bits per heavy atom. The summed E-state index contributed by atoms with van der Waals surface area (Å²) in [5.41, 5.74) is 0.618. The number of amides is 1. The number of hydrogen-bond donors (Lipinski definition) is 0. The van der Waals surface area contributed by atoms with Gasteiger partial charge in [-0.05, 0) is 31.0 Å². The number of ether oxygens (including phenoxy) is 2. The Labute approximate surface area is 115 Å². The van der Waals surface area contributed by atoms with Crippen molar-refractivity contribution < 1.29 is 14.3 Å². The molecule has 0 N–H and O–H groups in total. The summed E-state index contributed by atoms with van der Waals surface area (Å²) in [6, 6.07) is 5.27. The van der Waals surface area contributed by atoms with Crippen molar-refractivity contribution in [3.05, 3.63) is 23.8 Å². The van der Waals surface area contributed by atoms with Gasteiger partial charge in [-0.15, -0.1) is 0 Å². The second-order valence-electron chi connectivity index (χ2n) is 4.88. The van der Waals surface area contributed by atoms with Gasteiger partial charge in [0.2, 0.25) is 0 Å². The molecule has 0 atom stereocenters. The highest BCUT2D eigenvalue weighted by molar-refractivity contribution is 5.94. The third-order valence-corrected chi connectivity index (χ3v) is 2.70. The monoisotopic (exact) mass is 265 g/mol. The molecule has 19 heavy (non-hydrogen) atoms. The fourth-order valence-electron chi connectivity index (χ4n) is 1.93. The Bertz CT molecular complexity index is 429. The van der Waals surface area contributed by atoms with E-state index in [4.69, 9.17) is 9.47 Å². The Hall–Kier alpha value is -1.71. The predicted molar refractivity (Wildman–Crippen MR) is 76.0 cm³/mol. The second kappa shape index (κ2) is 7.02. The van der Waals surface area contributed by atoms with Crippen molar-refractivity contribution in [1.82, 2.24) is 4.90 Å². The highest BCUT2D eigenvalue weighted by Crippen LogP contribution is 2.28. The molecule has 0 fully saturated rings. The van der Waals surface area contributed by atoms with Crippen LogP contribution >= 0.6 is 0 Å². The van der Waals surface area contributed by atoms with Crippen molar-refractivity contribution in [3.63, 3.8) is 0 Å². The first kappa shape index (κ1) is 15.3. The van der Waals surface area contributed by atoms with E-state index >= 15 is 0 Å². The average molecular weight is 265 g/mol. The number of carbonyl (C=O) groups is 1. The highest BCUT2D eigenvalue weighted by Gasteiger charge is 2.15. The van der Waals surface area contributed by atoms with Crippen LogP contribution in [0.1, 0.15) is 31.1 Å². The first-order chi connectivity index (χ1) is 8.99.